The largest absolute Gasteiger partial charge is 0.476 e. The lowest BCUT2D eigenvalue weighted by molar-refractivity contribution is -0.133. The molecule has 136 valence electrons. The molecule has 26 heavy (non-hydrogen) atoms. The minimum absolute atomic E-state index is 0.152. The zero-order valence-electron chi connectivity index (χ0n) is 14.6. The van der Waals surface area contributed by atoms with Crippen molar-refractivity contribution in [2.75, 3.05) is 16.8 Å². The molecular weight excluding hydrogens is 375 g/mol. The van der Waals surface area contributed by atoms with E-state index >= 15 is 0 Å². The number of nitrogens with zero attached hydrogens (tertiary/aromatic N) is 1. The molecule has 2 aromatic carbocycles. The Morgan fingerprint density at radius 1 is 1.15 bits per heavy atom. The molecule has 0 aromatic heterocycles. The van der Waals surface area contributed by atoms with Crippen molar-refractivity contribution in [3.63, 3.8) is 0 Å². The van der Waals surface area contributed by atoms with Gasteiger partial charge in [-0.25, -0.2) is 0 Å². The number of anilines is 2. The molecule has 1 heterocycles. The molecule has 3 rings (SSSR count). The van der Waals surface area contributed by atoms with E-state index in [4.69, 9.17) is 27.9 Å². The Morgan fingerprint density at radius 3 is 2.50 bits per heavy atom. The quantitative estimate of drug-likeness (QED) is 0.839. The number of benzene rings is 2. The molecule has 1 aliphatic heterocycles. The molecule has 0 atom stereocenters. The van der Waals surface area contributed by atoms with Gasteiger partial charge in [0.25, 0.3) is 5.91 Å². The summed E-state index contributed by atoms with van der Waals surface area (Å²) in [5, 5.41) is 3.86. The number of carbonyl (C=O) groups excluding carboxylic acids is 2. The van der Waals surface area contributed by atoms with Crippen LogP contribution in [-0.2, 0) is 9.59 Å². The first-order valence-electron chi connectivity index (χ1n) is 8.04. The molecule has 0 aliphatic carbocycles. The molecule has 1 N–H and O–H groups in total. The average Bonchev–Trinajstić information content (AvgIpc) is 2.55. The number of aryl methyl sites for hydroxylation is 1. The first-order valence-corrected chi connectivity index (χ1v) is 8.79. The van der Waals surface area contributed by atoms with Crippen LogP contribution in [0.5, 0.6) is 5.75 Å². The molecule has 2 aromatic rings. The van der Waals surface area contributed by atoms with E-state index in [1.165, 1.54) is 4.90 Å². The maximum Gasteiger partial charge on any atom is 0.271 e. The number of ether oxygens (including phenoxy) is 1. The highest BCUT2D eigenvalue weighted by atomic mass is 35.5. The standard InChI is InChI=1S/C19H18Cl2N2O3/c1-11-8-12(20)4-6-14(11)22-17(24)10-23-15-9-13(21)5-7-16(15)26-19(2,3)18(23)25/h4-9H,10H2,1-3H3,(H,22,24). The number of carbonyl (C=O) groups is 2. The molecular formula is C19H18Cl2N2O3. The Labute approximate surface area is 161 Å². The predicted molar refractivity (Wildman–Crippen MR) is 103 cm³/mol. The maximum atomic E-state index is 12.8. The van der Waals surface area contributed by atoms with Crippen molar-refractivity contribution in [1.82, 2.24) is 0 Å². The van der Waals surface area contributed by atoms with Gasteiger partial charge in [-0.1, -0.05) is 23.2 Å². The minimum Gasteiger partial charge on any atom is -0.476 e. The topological polar surface area (TPSA) is 58.6 Å². The summed E-state index contributed by atoms with van der Waals surface area (Å²) in [4.78, 5) is 26.7. The first-order chi connectivity index (χ1) is 12.2. The molecule has 0 fully saturated rings. The summed E-state index contributed by atoms with van der Waals surface area (Å²) in [6.45, 7) is 5.03. The fourth-order valence-corrected chi connectivity index (χ4v) is 3.19. The van der Waals surface area contributed by atoms with Gasteiger partial charge in [-0.15, -0.1) is 0 Å². The molecule has 0 saturated heterocycles. The summed E-state index contributed by atoms with van der Waals surface area (Å²) in [5.74, 6) is -0.128. The van der Waals surface area contributed by atoms with Gasteiger partial charge >= 0.3 is 0 Å². The lowest BCUT2D eigenvalue weighted by atomic mass is 10.0. The molecule has 0 spiro atoms. The number of rotatable bonds is 3. The molecule has 1 aliphatic rings. The van der Waals surface area contributed by atoms with Crippen LogP contribution in [0.2, 0.25) is 10.0 Å². The number of amides is 2. The van der Waals surface area contributed by atoms with Gasteiger partial charge < -0.3 is 10.1 Å². The monoisotopic (exact) mass is 392 g/mol. The number of nitrogens with one attached hydrogen (secondary N) is 1. The number of hydrogen-bond acceptors (Lipinski definition) is 3. The Hall–Kier alpha value is -2.24. The fraction of sp³-hybridized carbons (Fsp3) is 0.263. The van der Waals surface area contributed by atoms with Crippen molar-refractivity contribution in [3.8, 4) is 5.75 Å². The summed E-state index contributed by atoms with van der Waals surface area (Å²) in [5.41, 5.74) is 0.885. The second kappa shape index (κ2) is 6.82. The third kappa shape index (κ3) is 3.64. The van der Waals surface area contributed by atoms with Crippen LogP contribution in [0.3, 0.4) is 0 Å². The lowest BCUT2D eigenvalue weighted by Gasteiger charge is -2.38. The Kier molecular flexibility index (Phi) is 4.86. The van der Waals surface area contributed by atoms with Crippen LogP contribution < -0.4 is 15.0 Å². The van der Waals surface area contributed by atoms with E-state index in [9.17, 15) is 9.59 Å². The zero-order chi connectivity index (χ0) is 19.1. The Bertz CT molecular complexity index is 896. The normalized spacial score (nSPS) is 15.3. The van der Waals surface area contributed by atoms with E-state index in [-0.39, 0.29) is 18.4 Å². The van der Waals surface area contributed by atoms with Crippen LogP contribution in [0.4, 0.5) is 11.4 Å². The highest BCUT2D eigenvalue weighted by molar-refractivity contribution is 6.31. The van der Waals surface area contributed by atoms with E-state index in [1.807, 2.05) is 6.92 Å². The molecule has 2 amide bonds. The van der Waals surface area contributed by atoms with Crippen LogP contribution in [0.15, 0.2) is 36.4 Å². The van der Waals surface area contributed by atoms with Crippen LogP contribution in [0.1, 0.15) is 19.4 Å². The van der Waals surface area contributed by atoms with Crippen LogP contribution in [0.25, 0.3) is 0 Å². The number of halogens is 2. The minimum atomic E-state index is -1.07. The smallest absolute Gasteiger partial charge is 0.271 e. The summed E-state index contributed by atoms with van der Waals surface area (Å²) in [6, 6.07) is 10.2. The second-order valence-electron chi connectivity index (χ2n) is 6.62. The summed E-state index contributed by atoms with van der Waals surface area (Å²) in [6.07, 6.45) is 0. The van der Waals surface area contributed by atoms with Crippen LogP contribution in [0, 0.1) is 6.92 Å². The van der Waals surface area contributed by atoms with Crippen molar-refractivity contribution in [2.45, 2.75) is 26.4 Å². The van der Waals surface area contributed by atoms with Gasteiger partial charge in [0.05, 0.1) is 5.69 Å². The van der Waals surface area contributed by atoms with E-state index in [0.29, 0.717) is 27.2 Å². The highest BCUT2D eigenvalue weighted by Crippen LogP contribution is 2.39. The van der Waals surface area contributed by atoms with Crippen molar-refractivity contribution in [2.24, 2.45) is 0 Å². The third-order valence-corrected chi connectivity index (χ3v) is 4.57. The fourth-order valence-electron chi connectivity index (χ4n) is 2.80. The van der Waals surface area contributed by atoms with Crippen LogP contribution in [-0.4, -0.2) is 24.0 Å². The van der Waals surface area contributed by atoms with Gasteiger partial charge in [-0.3, -0.25) is 14.5 Å². The number of hydrogen-bond donors (Lipinski definition) is 1. The van der Waals surface area contributed by atoms with Gasteiger partial charge in [-0.05, 0) is 62.7 Å². The summed E-state index contributed by atoms with van der Waals surface area (Å²) < 4.78 is 5.75. The molecule has 7 heteroatoms. The zero-order valence-corrected chi connectivity index (χ0v) is 16.1. The van der Waals surface area contributed by atoms with Crippen LogP contribution >= 0.6 is 23.2 Å². The van der Waals surface area contributed by atoms with E-state index in [0.717, 1.165) is 5.56 Å². The van der Waals surface area contributed by atoms with E-state index in [1.54, 1.807) is 50.2 Å². The van der Waals surface area contributed by atoms with Crippen molar-refractivity contribution in [3.05, 3.63) is 52.0 Å². The van der Waals surface area contributed by atoms with Crippen molar-refractivity contribution < 1.29 is 14.3 Å². The summed E-state index contributed by atoms with van der Waals surface area (Å²) in [7, 11) is 0. The van der Waals surface area contributed by atoms with Crippen molar-refractivity contribution >= 4 is 46.4 Å². The average molecular weight is 393 g/mol. The SMILES string of the molecule is Cc1cc(Cl)ccc1NC(=O)CN1C(=O)C(C)(C)Oc2ccc(Cl)cc21. The molecule has 0 saturated carbocycles. The van der Waals surface area contributed by atoms with Gasteiger partial charge in [0.1, 0.15) is 12.3 Å². The van der Waals surface area contributed by atoms with Gasteiger partial charge in [0.15, 0.2) is 5.60 Å². The van der Waals surface area contributed by atoms with Gasteiger partial charge in [0, 0.05) is 15.7 Å². The maximum absolute atomic E-state index is 12.8. The molecule has 0 bridgehead atoms. The van der Waals surface area contributed by atoms with Crippen molar-refractivity contribution in [1.29, 1.82) is 0 Å². The van der Waals surface area contributed by atoms with E-state index < -0.39 is 5.60 Å². The first kappa shape index (κ1) is 18.5. The highest BCUT2D eigenvalue weighted by Gasteiger charge is 2.41. The van der Waals surface area contributed by atoms with Gasteiger partial charge in [0.2, 0.25) is 5.91 Å². The Morgan fingerprint density at radius 2 is 1.81 bits per heavy atom. The Balaban J connectivity index is 1.87. The molecule has 5 nitrogen and oxygen atoms in total. The lowest BCUT2D eigenvalue weighted by Crippen LogP contribution is -2.54. The molecule has 0 unspecified atom stereocenters. The van der Waals surface area contributed by atoms with Gasteiger partial charge in [-0.2, -0.15) is 0 Å². The van der Waals surface area contributed by atoms with E-state index in [2.05, 4.69) is 5.32 Å². The number of fused-ring (bicyclic) bond motifs is 1. The summed E-state index contributed by atoms with van der Waals surface area (Å²) >= 11 is 12.0. The third-order valence-electron chi connectivity index (χ3n) is 4.10. The second-order valence-corrected chi connectivity index (χ2v) is 7.50. The predicted octanol–water partition coefficient (Wildman–Crippen LogP) is 4.44. The molecule has 0 radical (unpaired) electrons.